The van der Waals surface area contributed by atoms with Gasteiger partial charge in [0.1, 0.15) is 0 Å². The molecule has 2 unspecified atom stereocenters. The van der Waals surface area contributed by atoms with Gasteiger partial charge in [-0.15, -0.1) is 0 Å². The van der Waals surface area contributed by atoms with Gasteiger partial charge in [-0.05, 0) is 56.6 Å². The summed E-state index contributed by atoms with van der Waals surface area (Å²) >= 11 is 0. The van der Waals surface area contributed by atoms with Gasteiger partial charge in [-0.3, -0.25) is 4.79 Å². The third kappa shape index (κ3) is 8.24. The van der Waals surface area contributed by atoms with Crippen LogP contribution in [0.15, 0.2) is 24.3 Å². The molecule has 1 aliphatic rings. The third-order valence-electron chi connectivity index (χ3n) is 5.62. The van der Waals surface area contributed by atoms with E-state index >= 15 is 0 Å². The summed E-state index contributed by atoms with van der Waals surface area (Å²) in [6, 6.07) is 5.09. The lowest BCUT2D eigenvalue weighted by Crippen LogP contribution is -2.34. The maximum Gasteiger partial charge on any atom is 0.416 e. The topological polar surface area (TPSA) is 81.0 Å². The van der Waals surface area contributed by atoms with Crippen LogP contribution in [0.25, 0.3) is 0 Å². The van der Waals surface area contributed by atoms with Gasteiger partial charge in [-0.1, -0.05) is 31.0 Å². The predicted molar refractivity (Wildman–Crippen MR) is 106 cm³/mol. The largest absolute Gasteiger partial charge is 0.416 e. The van der Waals surface area contributed by atoms with E-state index in [9.17, 15) is 23.1 Å². The number of halogens is 3. The Kier molecular flexibility index (Phi) is 9.58. The number of unbranched alkanes of at least 4 members (excludes halogenated alkanes) is 3. The molecule has 1 aliphatic heterocycles. The fourth-order valence-corrected chi connectivity index (χ4v) is 4.00. The number of carbonyl (C=O) groups is 1. The van der Waals surface area contributed by atoms with E-state index in [0.29, 0.717) is 37.8 Å². The first-order valence-corrected chi connectivity index (χ1v) is 10.7. The first-order chi connectivity index (χ1) is 14.2. The number of likely N-dealkylation sites (tertiary alicyclic amines) is 1. The average molecular weight is 431 g/mol. The molecule has 0 radical (unpaired) electrons. The number of benzene rings is 1. The number of amides is 1. The van der Waals surface area contributed by atoms with Crippen LogP contribution in [0.3, 0.4) is 0 Å². The number of aliphatic hydroxyl groups is 3. The second kappa shape index (κ2) is 11.7. The maximum atomic E-state index is 12.8. The SMILES string of the molecule is O=C1CCC(CCC(O)Cc2cccc(C(F)(F)F)c2)N1CCCCCCC(O)O. The number of carbonyl (C=O) groups excluding carboxylic acids is 1. The van der Waals surface area contributed by atoms with Crippen LogP contribution >= 0.6 is 0 Å². The van der Waals surface area contributed by atoms with E-state index in [2.05, 4.69) is 0 Å². The van der Waals surface area contributed by atoms with Crippen LogP contribution in [0, 0.1) is 0 Å². The van der Waals surface area contributed by atoms with E-state index in [1.807, 2.05) is 4.90 Å². The van der Waals surface area contributed by atoms with Crippen LogP contribution in [0.1, 0.15) is 68.9 Å². The van der Waals surface area contributed by atoms with Gasteiger partial charge in [0.05, 0.1) is 11.7 Å². The van der Waals surface area contributed by atoms with E-state index in [4.69, 9.17) is 10.2 Å². The fraction of sp³-hybridized carbons (Fsp3) is 0.682. The Bertz CT molecular complexity index is 666. The summed E-state index contributed by atoms with van der Waals surface area (Å²) in [5.74, 6) is 0.109. The quantitative estimate of drug-likeness (QED) is 0.349. The standard InChI is InChI=1S/C22H32F3NO4/c23-22(24,25)17-7-5-6-16(14-17)15-19(27)11-9-18-10-12-20(28)26(18)13-4-2-1-3-8-21(29)30/h5-7,14,18-19,21,27,29-30H,1-4,8-13,15H2. The molecular formula is C22H32F3NO4. The predicted octanol–water partition coefficient (Wildman–Crippen LogP) is 3.64. The number of hydrogen-bond donors (Lipinski definition) is 3. The van der Waals surface area contributed by atoms with Crippen LogP contribution in [0.4, 0.5) is 13.2 Å². The van der Waals surface area contributed by atoms with Crippen molar-refractivity contribution in [2.45, 2.75) is 88.8 Å². The number of rotatable bonds is 12. The van der Waals surface area contributed by atoms with E-state index in [0.717, 1.165) is 44.2 Å². The Morgan fingerprint density at radius 1 is 1.07 bits per heavy atom. The zero-order valence-electron chi connectivity index (χ0n) is 17.2. The average Bonchev–Trinajstić information content (AvgIpc) is 3.02. The minimum absolute atomic E-state index is 0.0629. The molecule has 170 valence electrons. The zero-order valence-corrected chi connectivity index (χ0v) is 17.2. The van der Waals surface area contributed by atoms with Crippen molar-refractivity contribution in [2.24, 2.45) is 0 Å². The van der Waals surface area contributed by atoms with Crippen LogP contribution in [0.2, 0.25) is 0 Å². The van der Waals surface area contributed by atoms with Crippen LogP contribution in [0.5, 0.6) is 0 Å². The summed E-state index contributed by atoms with van der Waals surface area (Å²) in [6.07, 6.45) is -0.263. The smallest absolute Gasteiger partial charge is 0.393 e. The first-order valence-electron chi connectivity index (χ1n) is 10.7. The Balaban J connectivity index is 1.75. The highest BCUT2D eigenvalue weighted by Crippen LogP contribution is 2.30. The molecule has 0 aliphatic carbocycles. The van der Waals surface area contributed by atoms with E-state index in [1.54, 1.807) is 6.07 Å². The number of aliphatic hydroxyl groups excluding tert-OH is 2. The molecule has 8 heteroatoms. The van der Waals surface area contributed by atoms with Gasteiger partial charge in [0.2, 0.25) is 5.91 Å². The zero-order chi connectivity index (χ0) is 22.1. The van der Waals surface area contributed by atoms with Crippen molar-refractivity contribution in [2.75, 3.05) is 6.54 Å². The lowest BCUT2D eigenvalue weighted by Gasteiger charge is -2.26. The summed E-state index contributed by atoms with van der Waals surface area (Å²) in [5, 5.41) is 28.0. The monoisotopic (exact) mass is 431 g/mol. The maximum absolute atomic E-state index is 12.8. The van der Waals surface area contributed by atoms with Crippen molar-refractivity contribution in [1.82, 2.24) is 4.90 Å². The van der Waals surface area contributed by atoms with Crippen molar-refractivity contribution < 1.29 is 33.3 Å². The van der Waals surface area contributed by atoms with Crippen molar-refractivity contribution in [1.29, 1.82) is 0 Å². The van der Waals surface area contributed by atoms with Crippen molar-refractivity contribution in [3.63, 3.8) is 0 Å². The number of hydrogen-bond acceptors (Lipinski definition) is 4. The molecule has 0 spiro atoms. The summed E-state index contributed by atoms with van der Waals surface area (Å²) in [4.78, 5) is 14.0. The molecule has 1 heterocycles. The highest BCUT2D eigenvalue weighted by molar-refractivity contribution is 5.78. The number of nitrogens with zero attached hydrogens (tertiary/aromatic N) is 1. The molecule has 2 rings (SSSR count). The fourth-order valence-electron chi connectivity index (χ4n) is 4.00. The molecule has 30 heavy (non-hydrogen) atoms. The molecule has 0 aromatic heterocycles. The first kappa shape index (κ1) is 24.6. The van der Waals surface area contributed by atoms with Gasteiger partial charge in [0.25, 0.3) is 0 Å². The summed E-state index contributed by atoms with van der Waals surface area (Å²) < 4.78 is 38.5. The Morgan fingerprint density at radius 2 is 1.80 bits per heavy atom. The molecule has 2 atom stereocenters. The Hall–Kier alpha value is -1.64. The molecule has 1 aromatic carbocycles. The Labute approximate surface area is 175 Å². The highest BCUT2D eigenvalue weighted by Gasteiger charge is 2.31. The number of alkyl halides is 3. The normalized spacial score (nSPS) is 18.4. The van der Waals surface area contributed by atoms with Crippen LogP contribution in [-0.2, 0) is 17.4 Å². The van der Waals surface area contributed by atoms with Gasteiger partial charge in [0, 0.05) is 19.0 Å². The Morgan fingerprint density at radius 3 is 2.50 bits per heavy atom. The second-order valence-electron chi connectivity index (χ2n) is 8.10. The van der Waals surface area contributed by atoms with Crippen LogP contribution in [-0.4, -0.2) is 51.1 Å². The molecule has 0 saturated carbocycles. The second-order valence-corrected chi connectivity index (χ2v) is 8.10. The highest BCUT2D eigenvalue weighted by atomic mass is 19.4. The van der Waals surface area contributed by atoms with Crippen LogP contribution < -0.4 is 0 Å². The summed E-state index contributed by atoms with van der Waals surface area (Å²) in [6.45, 7) is 0.648. The lowest BCUT2D eigenvalue weighted by atomic mass is 9.99. The summed E-state index contributed by atoms with van der Waals surface area (Å²) in [5.41, 5.74) is -0.266. The van der Waals surface area contributed by atoms with E-state index in [-0.39, 0.29) is 18.4 Å². The van der Waals surface area contributed by atoms with E-state index in [1.165, 1.54) is 6.07 Å². The third-order valence-corrected chi connectivity index (χ3v) is 5.62. The van der Waals surface area contributed by atoms with Gasteiger partial charge >= 0.3 is 6.18 Å². The van der Waals surface area contributed by atoms with Gasteiger partial charge < -0.3 is 20.2 Å². The molecule has 0 bridgehead atoms. The molecular weight excluding hydrogens is 399 g/mol. The van der Waals surface area contributed by atoms with Gasteiger partial charge in [-0.25, -0.2) is 0 Å². The molecule has 1 amide bonds. The van der Waals surface area contributed by atoms with Gasteiger partial charge in [-0.2, -0.15) is 13.2 Å². The molecule has 1 saturated heterocycles. The summed E-state index contributed by atoms with van der Waals surface area (Å²) in [7, 11) is 0. The molecule has 1 fully saturated rings. The van der Waals surface area contributed by atoms with Gasteiger partial charge in [0.15, 0.2) is 6.29 Å². The minimum atomic E-state index is -4.40. The minimum Gasteiger partial charge on any atom is -0.393 e. The molecule has 3 N–H and O–H groups in total. The van der Waals surface area contributed by atoms with Crippen molar-refractivity contribution >= 4 is 5.91 Å². The molecule has 1 aromatic rings. The van der Waals surface area contributed by atoms with E-state index < -0.39 is 24.1 Å². The van der Waals surface area contributed by atoms with Crippen molar-refractivity contribution in [3.05, 3.63) is 35.4 Å². The molecule has 5 nitrogen and oxygen atoms in total. The lowest BCUT2D eigenvalue weighted by molar-refractivity contribution is -0.137. The van der Waals surface area contributed by atoms with Crippen molar-refractivity contribution in [3.8, 4) is 0 Å².